The number of hydrogen-bond acceptors (Lipinski definition) is 6. The molecule has 6 aromatic rings. The van der Waals surface area contributed by atoms with Gasteiger partial charge < -0.3 is 19.6 Å². The first-order valence-electron chi connectivity index (χ1n) is 13.6. The molecule has 1 aliphatic carbocycles. The Morgan fingerprint density at radius 2 is 1.76 bits per heavy atom. The Kier molecular flexibility index (Phi) is 6.24. The summed E-state index contributed by atoms with van der Waals surface area (Å²) in [7, 11) is 0. The van der Waals surface area contributed by atoms with Crippen molar-refractivity contribution >= 4 is 45.2 Å². The fraction of sp³-hybridized carbons (Fsp3) is 0.156. The van der Waals surface area contributed by atoms with Crippen molar-refractivity contribution in [2.24, 2.45) is 0 Å². The highest BCUT2D eigenvalue weighted by Gasteiger charge is 2.51. The van der Waals surface area contributed by atoms with Crippen LogP contribution in [0.25, 0.3) is 39.1 Å². The first kappa shape index (κ1) is 25.9. The molecule has 0 radical (unpaired) electrons. The number of halogens is 1. The number of aromatic nitrogens is 4. The molecule has 0 unspecified atom stereocenters. The van der Waals surface area contributed by atoms with E-state index in [0.717, 1.165) is 33.1 Å². The van der Waals surface area contributed by atoms with Crippen LogP contribution in [0.1, 0.15) is 34.7 Å². The number of aryl methyl sites for hydroxylation is 1. The van der Waals surface area contributed by atoms with Crippen molar-refractivity contribution in [1.29, 1.82) is 0 Å². The summed E-state index contributed by atoms with van der Waals surface area (Å²) in [6.07, 6.45) is 2.72. The van der Waals surface area contributed by atoms with Gasteiger partial charge in [0.1, 0.15) is 11.2 Å². The number of benzene rings is 3. The van der Waals surface area contributed by atoms with E-state index in [4.69, 9.17) is 16.0 Å². The minimum Gasteiger partial charge on any atom is -0.420 e. The molecule has 0 atom stereocenters. The average molecular weight is 577 g/mol. The van der Waals surface area contributed by atoms with Crippen LogP contribution in [0.2, 0.25) is 5.02 Å². The Morgan fingerprint density at radius 1 is 1.00 bits per heavy atom. The van der Waals surface area contributed by atoms with E-state index in [1.54, 1.807) is 19.2 Å². The molecule has 0 bridgehead atoms. The number of hydrogen-bond donors (Lipinski definition) is 2. The molecule has 9 nitrogen and oxygen atoms in total. The van der Waals surface area contributed by atoms with E-state index in [1.807, 2.05) is 77.4 Å². The van der Waals surface area contributed by atoms with E-state index < -0.39 is 5.54 Å². The van der Waals surface area contributed by atoms with Crippen molar-refractivity contribution in [3.63, 3.8) is 0 Å². The minimum absolute atomic E-state index is 0.203. The molecule has 7 rings (SSSR count). The van der Waals surface area contributed by atoms with Gasteiger partial charge in [0, 0.05) is 36.1 Å². The number of amides is 2. The van der Waals surface area contributed by atoms with E-state index in [9.17, 15) is 9.59 Å². The Morgan fingerprint density at radius 3 is 2.52 bits per heavy atom. The maximum Gasteiger partial charge on any atom is 0.266 e. The SMILES string of the molecule is Cc1nnc(-c2c(Cl)c3ccccc3n2-c2ccc(CNC(=O)C3(NC(=O)c4cnc5ccccc5c4)CC3)cc2)o1. The molecule has 1 fully saturated rings. The summed E-state index contributed by atoms with van der Waals surface area (Å²) in [5.41, 5.74) is 3.62. The molecule has 2 N–H and O–H groups in total. The normalized spacial score (nSPS) is 13.8. The Hall–Kier alpha value is -5.02. The Bertz CT molecular complexity index is 1990. The number of rotatable bonds is 7. The first-order valence-corrected chi connectivity index (χ1v) is 13.9. The van der Waals surface area contributed by atoms with Crippen molar-refractivity contribution in [1.82, 2.24) is 30.4 Å². The van der Waals surface area contributed by atoms with Gasteiger partial charge in [0.2, 0.25) is 11.8 Å². The van der Waals surface area contributed by atoms with Gasteiger partial charge in [-0.25, -0.2) is 0 Å². The molecule has 0 saturated heterocycles. The molecular weight excluding hydrogens is 552 g/mol. The lowest BCUT2D eigenvalue weighted by molar-refractivity contribution is -0.124. The smallest absolute Gasteiger partial charge is 0.266 e. The fourth-order valence-electron chi connectivity index (χ4n) is 5.18. The van der Waals surface area contributed by atoms with E-state index >= 15 is 0 Å². The average Bonchev–Trinajstić information content (AvgIpc) is 3.58. The highest BCUT2D eigenvalue weighted by Crippen LogP contribution is 2.39. The summed E-state index contributed by atoms with van der Waals surface area (Å²) in [5.74, 6) is 0.268. The number of carbonyl (C=O) groups excluding carboxylic acids is 2. The van der Waals surface area contributed by atoms with Crippen LogP contribution in [-0.2, 0) is 11.3 Å². The predicted molar refractivity (Wildman–Crippen MR) is 159 cm³/mol. The molecule has 3 aromatic carbocycles. The summed E-state index contributed by atoms with van der Waals surface area (Å²) in [6.45, 7) is 2.05. The van der Waals surface area contributed by atoms with Gasteiger partial charge in [-0.2, -0.15) is 0 Å². The molecule has 0 aliphatic heterocycles. The van der Waals surface area contributed by atoms with Crippen LogP contribution in [0.15, 0.2) is 89.5 Å². The van der Waals surface area contributed by atoms with Crippen LogP contribution >= 0.6 is 11.6 Å². The van der Waals surface area contributed by atoms with Crippen molar-refractivity contribution in [2.45, 2.75) is 31.8 Å². The Labute approximate surface area is 245 Å². The molecule has 42 heavy (non-hydrogen) atoms. The van der Waals surface area contributed by atoms with Crippen molar-refractivity contribution in [3.8, 4) is 17.3 Å². The van der Waals surface area contributed by atoms with E-state index in [0.29, 0.717) is 47.4 Å². The summed E-state index contributed by atoms with van der Waals surface area (Å²) in [6, 6.07) is 25.0. The van der Waals surface area contributed by atoms with E-state index in [-0.39, 0.29) is 11.8 Å². The lowest BCUT2D eigenvalue weighted by atomic mass is 10.1. The van der Waals surface area contributed by atoms with Gasteiger partial charge in [0.15, 0.2) is 0 Å². The van der Waals surface area contributed by atoms with Gasteiger partial charge in [-0.1, -0.05) is 60.1 Å². The predicted octanol–water partition coefficient (Wildman–Crippen LogP) is 5.77. The lowest BCUT2D eigenvalue weighted by Crippen LogP contribution is -2.48. The zero-order valence-corrected chi connectivity index (χ0v) is 23.4. The summed E-state index contributed by atoms with van der Waals surface area (Å²) >= 11 is 6.79. The molecule has 3 aromatic heterocycles. The molecule has 10 heteroatoms. The summed E-state index contributed by atoms with van der Waals surface area (Å²) < 4.78 is 7.72. The molecule has 0 spiro atoms. The third-order valence-electron chi connectivity index (χ3n) is 7.58. The Balaban J connectivity index is 1.07. The number of nitrogens with one attached hydrogen (secondary N) is 2. The van der Waals surface area contributed by atoms with Crippen LogP contribution in [0.5, 0.6) is 0 Å². The topological polar surface area (TPSA) is 115 Å². The van der Waals surface area contributed by atoms with Crippen molar-refractivity contribution < 1.29 is 14.0 Å². The molecule has 1 saturated carbocycles. The highest BCUT2D eigenvalue weighted by atomic mass is 35.5. The zero-order valence-electron chi connectivity index (χ0n) is 22.6. The van der Waals surface area contributed by atoms with E-state index in [1.165, 1.54) is 0 Å². The summed E-state index contributed by atoms with van der Waals surface area (Å²) in [4.78, 5) is 30.5. The van der Waals surface area contributed by atoms with Gasteiger partial charge in [0.05, 0.1) is 21.6 Å². The van der Waals surface area contributed by atoms with Crippen molar-refractivity contribution in [3.05, 3.63) is 107 Å². The van der Waals surface area contributed by atoms with Gasteiger partial charge >= 0.3 is 0 Å². The quantitative estimate of drug-likeness (QED) is 0.249. The maximum absolute atomic E-state index is 13.1. The second kappa shape index (κ2) is 10.1. The van der Waals surface area contributed by atoms with Crippen molar-refractivity contribution in [2.75, 3.05) is 0 Å². The minimum atomic E-state index is -0.902. The van der Waals surface area contributed by atoms with Gasteiger partial charge in [-0.3, -0.25) is 14.6 Å². The maximum atomic E-state index is 13.1. The standard InChI is InChI=1S/C32H25ClN6O3/c1-19-37-38-30(42-19)28-27(33)24-7-3-5-9-26(24)39(28)23-12-10-20(11-13-23)17-35-31(41)32(14-15-32)36-29(40)22-16-21-6-2-4-8-25(21)34-18-22/h2-13,16,18H,14-15,17H2,1H3,(H,35,41)(H,36,40). The first-order chi connectivity index (χ1) is 20.4. The highest BCUT2D eigenvalue weighted by molar-refractivity contribution is 6.38. The van der Waals surface area contributed by atoms with Crippen LogP contribution in [0.3, 0.4) is 0 Å². The van der Waals surface area contributed by atoms with Crippen LogP contribution in [0, 0.1) is 6.92 Å². The van der Waals surface area contributed by atoms with Crippen LogP contribution in [0.4, 0.5) is 0 Å². The number of carbonyl (C=O) groups is 2. The summed E-state index contributed by atoms with van der Waals surface area (Å²) in [5, 5.41) is 16.4. The van der Waals surface area contributed by atoms with Gasteiger partial charge in [0.25, 0.3) is 11.8 Å². The van der Waals surface area contributed by atoms with Gasteiger partial charge in [-0.05, 0) is 48.7 Å². The molecule has 208 valence electrons. The fourth-order valence-corrected chi connectivity index (χ4v) is 5.51. The molecule has 3 heterocycles. The number of fused-ring (bicyclic) bond motifs is 2. The molecule has 2 amide bonds. The third-order valence-corrected chi connectivity index (χ3v) is 7.96. The lowest BCUT2D eigenvalue weighted by Gasteiger charge is -2.17. The largest absolute Gasteiger partial charge is 0.420 e. The number of nitrogens with zero attached hydrogens (tertiary/aromatic N) is 4. The van der Waals surface area contributed by atoms with Crippen LogP contribution < -0.4 is 10.6 Å². The van der Waals surface area contributed by atoms with E-state index in [2.05, 4.69) is 25.8 Å². The number of para-hydroxylation sites is 2. The van der Waals surface area contributed by atoms with Gasteiger partial charge in [-0.15, -0.1) is 10.2 Å². The second-order valence-electron chi connectivity index (χ2n) is 10.4. The second-order valence-corrected chi connectivity index (χ2v) is 10.8. The zero-order chi connectivity index (χ0) is 28.8. The molecular formula is C32H25ClN6O3. The van der Waals surface area contributed by atoms with Crippen LogP contribution in [-0.4, -0.2) is 37.1 Å². The monoisotopic (exact) mass is 576 g/mol. The molecule has 1 aliphatic rings. The third kappa shape index (κ3) is 4.57. The number of pyridine rings is 1.